The number of aromatic nitrogens is 1. The van der Waals surface area contributed by atoms with Gasteiger partial charge in [0, 0.05) is 27.2 Å². The average Bonchev–Trinajstić information content (AvgIpc) is 2.32. The summed E-state index contributed by atoms with van der Waals surface area (Å²) in [6.07, 6.45) is 1.80. The van der Waals surface area contributed by atoms with Gasteiger partial charge in [-0.25, -0.2) is 4.98 Å². The van der Waals surface area contributed by atoms with E-state index in [1.165, 1.54) is 0 Å². The van der Waals surface area contributed by atoms with Crippen LogP contribution < -0.4 is 5.73 Å². The molecule has 2 aromatic rings. The molecule has 88 valence electrons. The minimum Gasteiger partial charge on any atom is -0.324 e. The fourth-order valence-electron chi connectivity index (χ4n) is 1.45. The smallest absolute Gasteiger partial charge is 0.105 e. The predicted molar refractivity (Wildman–Crippen MR) is 75.1 cm³/mol. The average molecular weight is 309 g/mol. The van der Waals surface area contributed by atoms with Crippen LogP contribution in [0.5, 0.6) is 0 Å². The van der Waals surface area contributed by atoms with Gasteiger partial charge in [-0.2, -0.15) is 0 Å². The lowest BCUT2D eigenvalue weighted by Gasteiger charge is -2.10. The molecule has 0 spiro atoms. The van der Waals surface area contributed by atoms with Crippen molar-refractivity contribution in [3.8, 4) is 0 Å². The third-order valence-electron chi connectivity index (χ3n) is 2.32. The predicted octanol–water partition coefficient (Wildman–Crippen LogP) is 4.02. The van der Waals surface area contributed by atoms with Gasteiger partial charge in [0.2, 0.25) is 0 Å². The van der Waals surface area contributed by atoms with E-state index < -0.39 is 0 Å². The van der Waals surface area contributed by atoms with Gasteiger partial charge in [-0.15, -0.1) is 0 Å². The molecule has 17 heavy (non-hydrogen) atoms. The maximum absolute atomic E-state index is 5.93. The van der Waals surface area contributed by atoms with Gasteiger partial charge in [0.25, 0.3) is 0 Å². The van der Waals surface area contributed by atoms with Crippen molar-refractivity contribution in [1.82, 2.24) is 4.98 Å². The molecule has 1 heterocycles. The Balaban J connectivity index is 2.26. The number of benzene rings is 1. The fraction of sp³-hybridized carbons (Fsp3) is 0.154. The van der Waals surface area contributed by atoms with E-state index in [2.05, 4.69) is 33.0 Å². The highest BCUT2D eigenvalue weighted by atomic mass is 79.9. The maximum atomic E-state index is 5.93. The summed E-state index contributed by atoms with van der Waals surface area (Å²) in [5.41, 5.74) is 7.02. The Bertz CT molecular complexity index is 497. The molecule has 0 aliphatic carbocycles. The lowest BCUT2D eigenvalue weighted by atomic mass is 10.2. The van der Waals surface area contributed by atoms with Crippen LogP contribution in [-0.4, -0.2) is 4.98 Å². The van der Waals surface area contributed by atoms with Gasteiger partial charge in [0.15, 0.2) is 0 Å². The van der Waals surface area contributed by atoms with Crippen LogP contribution in [-0.2, 0) is 0 Å². The van der Waals surface area contributed by atoms with Crippen molar-refractivity contribution in [3.63, 3.8) is 0 Å². The Hall–Kier alpha value is -0.840. The highest BCUT2D eigenvalue weighted by molar-refractivity contribution is 9.10. The van der Waals surface area contributed by atoms with E-state index >= 15 is 0 Å². The van der Waals surface area contributed by atoms with Crippen LogP contribution in [0.1, 0.15) is 18.5 Å². The molecule has 2 nitrogen and oxygen atoms in total. The zero-order valence-corrected chi connectivity index (χ0v) is 11.8. The normalized spacial score (nSPS) is 12.4. The van der Waals surface area contributed by atoms with Crippen molar-refractivity contribution >= 4 is 27.7 Å². The van der Waals surface area contributed by atoms with Gasteiger partial charge >= 0.3 is 0 Å². The molecule has 2 rings (SSSR count). The standard InChI is InChI=1S/C13H13BrN2S/c1-9(15)12-3-2-8-16-13(12)17-11-6-4-10(14)5-7-11/h2-9H,15H2,1H3/t9-/m0/s1. The molecule has 1 aromatic carbocycles. The second-order valence-corrected chi connectivity index (χ2v) is 5.72. The molecule has 0 saturated heterocycles. The molecule has 1 aromatic heterocycles. The Morgan fingerprint density at radius 1 is 1.24 bits per heavy atom. The molecule has 0 unspecified atom stereocenters. The van der Waals surface area contributed by atoms with Gasteiger partial charge in [-0.3, -0.25) is 0 Å². The monoisotopic (exact) mass is 308 g/mol. The van der Waals surface area contributed by atoms with Gasteiger partial charge < -0.3 is 5.73 Å². The quantitative estimate of drug-likeness (QED) is 0.931. The number of pyridine rings is 1. The first-order chi connectivity index (χ1) is 8.16. The summed E-state index contributed by atoms with van der Waals surface area (Å²) in [5, 5.41) is 0.977. The van der Waals surface area contributed by atoms with Gasteiger partial charge in [-0.1, -0.05) is 33.8 Å². The number of rotatable bonds is 3. The fourth-order valence-corrected chi connectivity index (χ4v) is 2.69. The molecule has 0 amide bonds. The molecule has 0 fully saturated rings. The Kier molecular flexibility index (Phi) is 4.20. The van der Waals surface area contributed by atoms with E-state index in [-0.39, 0.29) is 6.04 Å². The van der Waals surface area contributed by atoms with Crippen LogP contribution in [0.15, 0.2) is 57.0 Å². The number of halogens is 1. The molecule has 0 aliphatic rings. The molecule has 1 atom stereocenters. The minimum absolute atomic E-state index is 0.00153. The van der Waals surface area contributed by atoms with E-state index in [9.17, 15) is 0 Å². The minimum atomic E-state index is 0.00153. The van der Waals surface area contributed by atoms with Crippen molar-refractivity contribution < 1.29 is 0 Å². The summed E-state index contributed by atoms with van der Waals surface area (Å²) in [7, 11) is 0. The first kappa shape index (κ1) is 12.6. The molecule has 4 heteroatoms. The second kappa shape index (κ2) is 5.67. The van der Waals surface area contributed by atoms with Crippen LogP contribution in [0.25, 0.3) is 0 Å². The first-order valence-electron chi connectivity index (χ1n) is 5.31. The summed E-state index contributed by atoms with van der Waals surface area (Å²) in [5.74, 6) is 0. The number of nitrogens with zero attached hydrogens (tertiary/aromatic N) is 1. The lowest BCUT2D eigenvalue weighted by molar-refractivity contribution is 0.779. The highest BCUT2D eigenvalue weighted by Crippen LogP contribution is 2.31. The van der Waals surface area contributed by atoms with Crippen molar-refractivity contribution in [1.29, 1.82) is 0 Å². The molecular weight excluding hydrogens is 296 g/mol. The molecule has 0 saturated carbocycles. The molecule has 2 N–H and O–H groups in total. The van der Waals surface area contributed by atoms with E-state index in [1.807, 2.05) is 31.2 Å². The number of nitrogens with two attached hydrogens (primary N) is 1. The molecule has 0 radical (unpaired) electrons. The Morgan fingerprint density at radius 3 is 2.59 bits per heavy atom. The molecule has 0 aliphatic heterocycles. The SMILES string of the molecule is C[C@H](N)c1cccnc1Sc1ccc(Br)cc1. The molecular formula is C13H13BrN2S. The van der Waals surface area contributed by atoms with Crippen LogP contribution >= 0.6 is 27.7 Å². The summed E-state index contributed by atoms with van der Waals surface area (Å²) in [4.78, 5) is 5.55. The Morgan fingerprint density at radius 2 is 1.94 bits per heavy atom. The van der Waals surface area contributed by atoms with Crippen LogP contribution in [0.3, 0.4) is 0 Å². The summed E-state index contributed by atoms with van der Waals surface area (Å²) in [6.45, 7) is 1.97. The summed E-state index contributed by atoms with van der Waals surface area (Å²) >= 11 is 5.06. The molecule has 0 bridgehead atoms. The lowest BCUT2D eigenvalue weighted by Crippen LogP contribution is -2.06. The van der Waals surface area contributed by atoms with E-state index in [0.717, 1.165) is 20.0 Å². The number of hydrogen-bond acceptors (Lipinski definition) is 3. The van der Waals surface area contributed by atoms with Crippen molar-refractivity contribution in [3.05, 3.63) is 52.6 Å². The third kappa shape index (κ3) is 3.31. The van der Waals surface area contributed by atoms with Gasteiger partial charge in [0.05, 0.1) is 0 Å². The van der Waals surface area contributed by atoms with Crippen molar-refractivity contribution in [2.75, 3.05) is 0 Å². The van der Waals surface area contributed by atoms with Crippen LogP contribution in [0.4, 0.5) is 0 Å². The summed E-state index contributed by atoms with van der Waals surface area (Å²) < 4.78 is 1.08. The van der Waals surface area contributed by atoms with Gasteiger partial charge in [-0.05, 0) is 37.3 Å². The second-order valence-electron chi connectivity index (χ2n) is 3.74. The zero-order valence-electron chi connectivity index (χ0n) is 9.43. The van der Waals surface area contributed by atoms with Crippen molar-refractivity contribution in [2.24, 2.45) is 5.73 Å². The van der Waals surface area contributed by atoms with E-state index in [4.69, 9.17) is 5.73 Å². The first-order valence-corrected chi connectivity index (χ1v) is 6.91. The van der Waals surface area contributed by atoms with Crippen molar-refractivity contribution in [2.45, 2.75) is 22.9 Å². The number of hydrogen-bond donors (Lipinski definition) is 1. The maximum Gasteiger partial charge on any atom is 0.105 e. The van der Waals surface area contributed by atoms with Gasteiger partial charge in [0.1, 0.15) is 5.03 Å². The topological polar surface area (TPSA) is 38.9 Å². The largest absolute Gasteiger partial charge is 0.324 e. The third-order valence-corrected chi connectivity index (χ3v) is 3.89. The van der Waals surface area contributed by atoms with E-state index in [1.54, 1.807) is 18.0 Å². The van der Waals surface area contributed by atoms with Crippen LogP contribution in [0, 0.1) is 0 Å². The van der Waals surface area contributed by atoms with E-state index in [0.29, 0.717) is 0 Å². The van der Waals surface area contributed by atoms with Crippen LogP contribution in [0.2, 0.25) is 0 Å². The zero-order chi connectivity index (χ0) is 12.3. The summed E-state index contributed by atoms with van der Waals surface area (Å²) in [6, 6.07) is 12.1. The Labute approximate surface area is 114 Å². The highest BCUT2D eigenvalue weighted by Gasteiger charge is 2.08.